The lowest BCUT2D eigenvalue weighted by molar-refractivity contribution is 0.102. The van der Waals surface area contributed by atoms with Gasteiger partial charge in [0.2, 0.25) is 0 Å². The quantitative estimate of drug-likeness (QED) is 0.631. The van der Waals surface area contributed by atoms with Crippen LogP contribution in [0.4, 0.5) is 5.13 Å². The number of rotatable bonds is 5. The fourth-order valence-corrected chi connectivity index (χ4v) is 3.84. The lowest BCUT2D eigenvalue weighted by Gasteiger charge is -2.03. The molecule has 3 rings (SSSR count). The molecule has 0 bridgehead atoms. The van der Waals surface area contributed by atoms with Crippen LogP contribution in [0.15, 0.2) is 53.0 Å². The van der Waals surface area contributed by atoms with Gasteiger partial charge in [0.15, 0.2) is 5.13 Å². The number of hydrogen-bond donors (Lipinski definition) is 1. The van der Waals surface area contributed by atoms with E-state index in [1.807, 2.05) is 49.4 Å². The number of methoxy groups -OCH3 is 1. The summed E-state index contributed by atoms with van der Waals surface area (Å²) < 4.78 is 5.94. The van der Waals surface area contributed by atoms with E-state index in [0.717, 1.165) is 27.2 Å². The summed E-state index contributed by atoms with van der Waals surface area (Å²) in [6.45, 7) is 1.96. The zero-order chi connectivity index (χ0) is 17.8. The molecule has 2 aromatic carbocycles. The smallest absolute Gasteiger partial charge is 0.258 e. The highest BCUT2D eigenvalue weighted by Crippen LogP contribution is 2.27. The number of ether oxygens (including phenoxy) is 1. The number of carbonyl (C=O) groups is 1. The number of nitrogens with zero attached hydrogens (tertiary/aromatic N) is 1. The molecule has 0 aliphatic rings. The van der Waals surface area contributed by atoms with E-state index >= 15 is 0 Å². The molecule has 0 saturated carbocycles. The highest BCUT2D eigenvalue weighted by molar-refractivity contribution is 9.10. The van der Waals surface area contributed by atoms with Crippen molar-refractivity contribution in [3.05, 3.63) is 74.7 Å². The maximum atomic E-state index is 12.4. The van der Waals surface area contributed by atoms with E-state index in [2.05, 4.69) is 26.2 Å². The highest BCUT2D eigenvalue weighted by Gasteiger charge is 2.14. The molecule has 1 heterocycles. The van der Waals surface area contributed by atoms with Crippen LogP contribution in [0.5, 0.6) is 5.75 Å². The summed E-state index contributed by atoms with van der Waals surface area (Å²) in [7, 11) is 1.66. The van der Waals surface area contributed by atoms with Crippen molar-refractivity contribution in [3.8, 4) is 5.75 Å². The van der Waals surface area contributed by atoms with E-state index in [0.29, 0.717) is 10.7 Å². The normalized spacial score (nSPS) is 10.5. The average Bonchev–Trinajstić information content (AvgIpc) is 2.95. The second-order valence-corrected chi connectivity index (χ2v) is 7.42. The van der Waals surface area contributed by atoms with Gasteiger partial charge in [-0.15, -0.1) is 11.3 Å². The van der Waals surface area contributed by atoms with Gasteiger partial charge in [0.05, 0.1) is 18.4 Å². The third-order valence-electron chi connectivity index (χ3n) is 3.76. The molecule has 1 amide bonds. The number of benzene rings is 2. The molecule has 3 aromatic rings. The van der Waals surface area contributed by atoms with Gasteiger partial charge >= 0.3 is 0 Å². The molecule has 4 nitrogen and oxygen atoms in total. The molecule has 0 radical (unpaired) electrons. The lowest BCUT2D eigenvalue weighted by atomic mass is 10.1. The largest absolute Gasteiger partial charge is 0.497 e. The molecule has 0 spiro atoms. The van der Waals surface area contributed by atoms with Gasteiger partial charge in [-0.25, -0.2) is 4.98 Å². The number of anilines is 1. The molecular weight excluding hydrogens is 400 g/mol. The van der Waals surface area contributed by atoms with Crippen LogP contribution in [-0.4, -0.2) is 18.0 Å². The number of aryl methyl sites for hydroxylation is 1. The number of hydrogen-bond acceptors (Lipinski definition) is 4. The van der Waals surface area contributed by atoms with Crippen molar-refractivity contribution in [2.24, 2.45) is 0 Å². The van der Waals surface area contributed by atoms with Crippen molar-refractivity contribution in [1.82, 2.24) is 4.98 Å². The van der Waals surface area contributed by atoms with E-state index in [9.17, 15) is 4.79 Å². The Morgan fingerprint density at radius 3 is 2.60 bits per heavy atom. The van der Waals surface area contributed by atoms with Crippen LogP contribution in [0, 0.1) is 6.92 Å². The monoisotopic (exact) mass is 416 g/mol. The highest BCUT2D eigenvalue weighted by atomic mass is 79.9. The van der Waals surface area contributed by atoms with Gasteiger partial charge < -0.3 is 4.74 Å². The van der Waals surface area contributed by atoms with Gasteiger partial charge in [-0.3, -0.25) is 10.1 Å². The Bertz CT molecular complexity index is 891. The van der Waals surface area contributed by atoms with E-state index < -0.39 is 0 Å². The summed E-state index contributed by atoms with van der Waals surface area (Å²) >= 11 is 4.90. The van der Waals surface area contributed by atoms with Gasteiger partial charge in [0.1, 0.15) is 5.75 Å². The summed E-state index contributed by atoms with van der Waals surface area (Å²) in [5, 5.41) is 3.50. The minimum Gasteiger partial charge on any atom is -0.497 e. The second kappa shape index (κ2) is 7.80. The summed E-state index contributed by atoms with van der Waals surface area (Å²) in [5.74, 6) is 0.670. The lowest BCUT2D eigenvalue weighted by Crippen LogP contribution is -2.12. The Hall–Kier alpha value is -2.18. The first kappa shape index (κ1) is 17.6. The van der Waals surface area contributed by atoms with Gasteiger partial charge in [-0.1, -0.05) is 24.3 Å². The van der Waals surface area contributed by atoms with Crippen LogP contribution < -0.4 is 10.1 Å². The van der Waals surface area contributed by atoms with Crippen LogP contribution in [0.1, 0.15) is 26.5 Å². The molecule has 0 fully saturated rings. The number of carbonyl (C=O) groups excluding carboxylic acids is 1. The second-order valence-electron chi connectivity index (χ2n) is 5.49. The number of amides is 1. The number of nitrogens with one attached hydrogen (secondary N) is 1. The SMILES string of the molecule is COc1ccc(Cc2sc(NC(=O)c3ccccc3Br)nc2C)cc1. The van der Waals surface area contributed by atoms with Crippen molar-refractivity contribution in [3.63, 3.8) is 0 Å². The average molecular weight is 417 g/mol. The summed E-state index contributed by atoms with van der Waals surface area (Å²) in [5.41, 5.74) is 2.70. The molecular formula is C19H17BrN2O2S. The first-order chi connectivity index (χ1) is 12.1. The van der Waals surface area contributed by atoms with Gasteiger partial charge in [-0.2, -0.15) is 0 Å². The Kier molecular flexibility index (Phi) is 5.50. The Labute approximate surface area is 159 Å². The predicted molar refractivity (Wildman–Crippen MR) is 105 cm³/mol. The molecule has 0 aliphatic carbocycles. The van der Waals surface area contributed by atoms with Crippen LogP contribution in [0.3, 0.4) is 0 Å². The minimum atomic E-state index is -0.169. The maximum Gasteiger partial charge on any atom is 0.258 e. The molecule has 1 N–H and O–H groups in total. The summed E-state index contributed by atoms with van der Waals surface area (Å²) in [6, 6.07) is 15.3. The number of aromatic nitrogens is 1. The van der Waals surface area contributed by atoms with Gasteiger partial charge in [0, 0.05) is 15.8 Å². The summed E-state index contributed by atoms with van der Waals surface area (Å²) in [6.07, 6.45) is 0.776. The predicted octanol–water partition coefficient (Wildman–Crippen LogP) is 5.07. The molecule has 1 aromatic heterocycles. The van der Waals surface area contributed by atoms with E-state index in [1.54, 1.807) is 13.2 Å². The standard InChI is InChI=1S/C19H17BrN2O2S/c1-12-17(11-13-7-9-14(24-2)10-8-13)25-19(21-12)22-18(23)15-5-3-4-6-16(15)20/h3-10H,11H2,1-2H3,(H,21,22,23). The van der Waals surface area contributed by atoms with Crippen molar-refractivity contribution in [2.45, 2.75) is 13.3 Å². The molecule has 6 heteroatoms. The molecule has 128 valence electrons. The van der Waals surface area contributed by atoms with Crippen LogP contribution in [0.25, 0.3) is 0 Å². The maximum absolute atomic E-state index is 12.4. The van der Waals surface area contributed by atoms with Crippen LogP contribution in [-0.2, 0) is 6.42 Å². The van der Waals surface area contributed by atoms with Crippen molar-refractivity contribution >= 4 is 38.3 Å². The fraction of sp³-hybridized carbons (Fsp3) is 0.158. The summed E-state index contributed by atoms with van der Waals surface area (Å²) in [4.78, 5) is 18.0. The Morgan fingerprint density at radius 2 is 1.92 bits per heavy atom. The molecule has 0 saturated heterocycles. The molecule has 0 aliphatic heterocycles. The van der Waals surface area contributed by atoms with Crippen LogP contribution in [0.2, 0.25) is 0 Å². The molecule has 25 heavy (non-hydrogen) atoms. The zero-order valence-electron chi connectivity index (χ0n) is 13.9. The fourth-order valence-electron chi connectivity index (χ4n) is 2.38. The third kappa shape index (κ3) is 4.27. The topological polar surface area (TPSA) is 51.2 Å². The van der Waals surface area contributed by atoms with Gasteiger partial charge in [0.25, 0.3) is 5.91 Å². The molecule has 0 atom stereocenters. The third-order valence-corrected chi connectivity index (χ3v) is 5.52. The number of thiazole rings is 1. The van der Waals surface area contributed by atoms with Crippen molar-refractivity contribution in [2.75, 3.05) is 12.4 Å². The van der Waals surface area contributed by atoms with Crippen molar-refractivity contribution < 1.29 is 9.53 Å². The number of halogens is 1. The van der Waals surface area contributed by atoms with Gasteiger partial charge in [-0.05, 0) is 52.7 Å². The van der Waals surface area contributed by atoms with E-state index in [1.165, 1.54) is 16.9 Å². The molecule has 0 unspecified atom stereocenters. The minimum absolute atomic E-state index is 0.169. The zero-order valence-corrected chi connectivity index (χ0v) is 16.3. The van der Waals surface area contributed by atoms with E-state index in [-0.39, 0.29) is 5.91 Å². The van der Waals surface area contributed by atoms with Crippen LogP contribution >= 0.6 is 27.3 Å². The van der Waals surface area contributed by atoms with E-state index in [4.69, 9.17) is 4.74 Å². The Morgan fingerprint density at radius 1 is 1.20 bits per heavy atom. The first-order valence-corrected chi connectivity index (χ1v) is 9.33. The van der Waals surface area contributed by atoms with Crippen molar-refractivity contribution in [1.29, 1.82) is 0 Å². The first-order valence-electron chi connectivity index (χ1n) is 7.72. The Balaban J connectivity index is 1.73.